The van der Waals surface area contributed by atoms with Crippen molar-refractivity contribution in [1.82, 2.24) is 0 Å². The number of nitrogens with zero attached hydrogens (tertiary/aromatic N) is 2. The molecule has 5 heteroatoms. The highest BCUT2D eigenvalue weighted by atomic mass is 16.5. The molecule has 0 aromatic heterocycles. The molecular weight excluding hydrogens is 252 g/mol. The Labute approximate surface area is 116 Å². The van der Waals surface area contributed by atoms with Gasteiger partial charge in [0.1, 0.15) is 5.75 Å². The maximum atomic E-state index is 8.86. The van der Waals surface area contributed by atoms with Crippen LogP contribution in [0.5, 0.6) is 5.75 Å². The van der Waals surface area contributed by atoms with E-state index in [0.29, 0.717) is 33.9 Å². The van der Waals surface area contributed by atoms with Crippen molar-refractivity contribution in [2.24, 2.45) is 0 Å². The number of methoxy groups -OCH3 is 1. The second-order valence-corrected chi connectivity index (χ2v) is 4.07. The normalized spacial score (nSPS) is 9.35. The van der Waals surface area contributed by atoms with E-state index >= 15 is 0 Å². The topological polar surface area (TPSA) is 94.9 Å². The van der Waals surface area contributed by atoms with E-state index < -0.39 is 0 Å². The van der Waals surface area contributed by atoms with E-state index in [4.69, 9.17) is 21.0 Å². The third-order valence-corrected chi connectivity index (χ3v) is 2.78. The Hall–Kier alpha value is -3.18. The minimum absolute atomic E-state index is 0.468. The standard InChI is InChI=1S/C15H12N4O/c1-20-15-7-11(9-17)3-5-14(15)19-13-4-2-10(8-16)6-12(13)18/h2-7,19H,18H2,1H3. The molecule has 98 valence electrons. The van der Waals surface area contributed by atoms with E-state index in [0.717, 1.165) is 0 Å². The van der Waals surface area contributed by atoms with Gasteiger partial charge >= 0.3 is 0 Å². The fraction of sp³-hybridized carbons (Fsp3) is 0.0667. The van der Waals surface area contributed by atoms with E-state index in [1.807, 2.05) is 6.07 Å². The summed E-state index contributed by atoms with van der Waals surface area (Å²) in [6.45, 7) is 0. The molecule has 0 amide bonds. The lowest BCUT2D eigenvalue weighted by Crippen LogP contribution is -1.99. The molecule has 0 aliphatic heterocycles. The summed E-state index contributed by atoms with van der Waals surface area (Å²) in [5, 5.41) is 20.8. The van der Waals surface area contributed by atoms with Gasteiger partial charge in [-0.25, -0.2) is 0 Å². The Kier molecular flexibility index (Phi) is 3.74. The number of hydrogen-bond acceptors (Lipinski definition) is 5. The first-order valence-electron chi connectivity index (χ1n) is 5.82. The number of nitriles is 2. The zero-order valence-corrected chi connectivity index (χ0v) is 10.8. The molecule has 5 nitrogen and oxygen atoms in total. The molecule has 0 unspecified atom stereocenters. The van der Waals surface area contributed by atoms with Gasteiger partial charge in [-0.1, -0.05) is 0 Å². The fourth-order valence-electron chi connectivity index (χ4n) is 1.76. The number of benzene rings is 2. The van der Waals surface area contributed by atoms with Gasteiger partial charge < -0.3 is 15.8 Å². The van der Waals surface area contributed by atoms with Crippen molar-refractivity contribution in [3.8, 4) is 17.9 Å². The van der Waals surface area contributed by atoms with Gasteiger partial charge in [0, 0.05) is 6.07 Å². The number of nitrogen functional groups attached to an aromatic ring is 1. The van der Waals surface area contributed by atoms with Crippen LogP contribution in [-0.2, 0) is 0 Å². The molecular formula is C15H12N4O. The van der Waals surface area contributed by atoms with E-state index in [-0.39, 0.29) is 0 Å². The molecule has 0 fully saturated rings. The van der Waals surface area contributed by atoms with Gasteiger partial charge in [0.05, 0.1) is 47.4 Å². The van der Waals surface area contributed by atoms with E-state index in [9.17, 15) is 0 Å². The third kappa shape index (κ3) is 2.63. The Bertz CT molecular complexity index is 726. The van der Waals surface area contributed by atoms with Gasteiger partial charge in [0.2, 0.25) is 0 Å². The van der Waals surface area contributed by atoms with Crippen molar-refractivity contribution in [2.45, 2.75) is 0 Å². The van der Waals surface area contributed by atoms with Gasteiger partial charge in [-0.05, 0) is 30.3 Å². The summed E-state index contributed by atoms with van der Waals surface area (Å²) in [6.07, 6.45) is 0. The summed E-state index contributed by atoms with van der Waals surface area (Å²) < 4.78 is 5.24. The van der Waals surface area contributed by atoms with E-state index in [1.54, 1.807) is 36.4 Å². The number of nitrogens with one attached hydrogen (secondary N) is 1. The van der Waals surface area contributed by atoms with Crippen molar-refractivity contribution in [1.29, 1.82) is 10.5 Å². The highest BCUT2D eigenvalue weighted by molar-refractivity contribution is 5.76. The molecule has 2 aromatic rings. The van der Waals surface area contributed by atoms with Gasteiger partial charge in [-0.3, -0.25) is 0 Å². The third-order valence-electron chi connectivity index (χ3n) is 2.78. The minimum Gasteiger partial charge on any atom is -0.495 e. The van der Waals surface area contributed by atoms with Crippen LogP contribution in [0.3, 0.4) is 0 Å². The van der Waals surface area contributed by atoms with Crippen LogP contribution in [0.1, 0.15) is 11.1 Å². The summed E-state index contributed by atoms with van der Waals surface area (Å²) in [7, 11) is 1.53. The zero-order chi connectivity index (χ0) is 14.5. The van der Waals surface area contributed by atoms with Crippen LogP contribution < -0.4 is 15.8 Å². The van der Waals surface area contributed by atoms with E-state index in [1.165, 1.54) is 7.11 Å². The van der Waals surface area contributed by atoms with E-state index in [2.05, 4.69) is 11.4 Å². The maximum Gasteiger partial charge on any atom is 0.143 e. The SMILES string of the molecule is COc1cc(C#N)ccc1Nc1ccc(C#N)cc1N. The Morgan fingerprint density at radius 2 is 1.60 bits per heavy atom. The summed E-state index contributed by atoms with van der Waals surface area (Å²) >= 11 is 0. The average Bonchev–Trinajstić information content (AvgIpc) is 2.49. The van der Waals surface area contributed by atoms with Crippen molar-refractivity contribution < 1.29 is 4.74 Å². The van der Waals surface area contributed by atoms with Crippen LogP contribution in [0, 0.1) is 22.7 Å². The van der Waals surface area contributed by atoms with Crippen molar-refractivity contribution in [2.75, 3.05) is 18.2 Å². The summed E-state index contributed by atoms with van der Waals surface area (Å²) in [4.78, 5) is 0. The highest BCUT2D eigenvalue weighted by Crippen LogP contribution is 2.31. The highest BCUT2D eigenvalue weighted by Gasteiger charge is 2.07. The molecule has 0 saturated heterocycles. The number of nitrogens with two attached hydrogens (primary N) is 1. The second kappa shape index (κ2) is 5.64. The molecule has 0 bridgehead atoms. The van der Waals surface area contributed by atoms with Crippen LogP contribution >= 0.6 is 0 Å². The van der Waals surface area contributed by atoms with Crippen LogP contribution in [-0.4, -0.2) is 7.11 Å². The molecule has 2 aromatic carbocycles. The van der Waals surface area contributed by atoms with Gasteiger partial charge in [-0.2, -0.15) is 10.5 Å². The lowest BCUT2D eigenvalue weighted by Gasteiger charge is -2.13. The first-order chi connectivity index (χ1) is 9.67. The predicted molar refractivity (Wildman–Crippen MR) is 76.6 cm³/mol. The summed E-state index contributed by atoms with van der Waals surface area (Å²) in [5.74, 6) is 0.549. The molecule has 0 radical (unpaired) electrons. The molecule has 20 heavy (non-hydrogen) atoms. The quantitative estimate of drug-likeness (QED) is 0.831. The molecule has 0 atom stereocenters. The largest absolute Gasteiger partial charge is 0.495 e. The molecule has 0 saturated carbocycles. The first-order valence-corrected chi connectivity index (χ1v) is 5.82. The lowest BCUT2D eigenvalue weighted by atomic mass is 10.1. The van der Waals surface area contributed by atoms with Crippen molar-refractivity contribution in [3.05, 3.63) is 47.5 Å². The van der Waals surface area contributed by atoms with Gasteiger partial charge in [0.25, 0.3) is 0 Å². The average molecular weight is 264 g/mol. The fourth-order valence-corrected chi connectivity index (χ4v) is 1.76. The maximum absolute atomic E-state index is 8.86. The molecule has 0 spiro atoms. The molecule has 2 rings (SSSR count). The van der Waals surface area contributed by atoms with Crippen LogP contribution in [0.15, 0.2) is 36.4 Å². The molecule has 0 heterocycles. The van der Waals surface area contributed by atoms with Crippen LogP contribution in [0.25, 0.3) is 0 Å². The molecule has 0 aliphatic carbocycles. The minimum atomic E-state index is 0.468. The Morgan fingerprint density at radius 3 is 2.15 bits per heavy atom. The van der Waals surface area contributed by atoms with Crippen LogP contribution in [0.2, 0.25) is 0 Å². The van der Waals surface area contributed by atoms with Crippen molar-refractivity contribution in [3.63, 3.8) is 0 Å². The Balaban J connectivity index is 2.35. The second-order valence-electron chi connectivity index (χ2n) is 4.07. The lowest BCUT2D eigenvalue weighted by molar-refractivity contribution is 0.416. The number of anilines is 3. The monoisotopic (exact) mass is 264 g/mol. The predicted octanol–water partition coefficient (Wildman–Crippen LogP) is 2.76. The summed E-state index contributed by atoms with van der Waals surface area (Å²) in [6, 6.07) is 14.1. The smallest absolute Gasteiger partial charge is 0.143 e. The summed E-state index contributed by atoms with van der Waals surface area (Å²) in [5.41, 5.74) is 8.74. The number of hydrogen-bond donors (Lipinski definition) is 2. The van der Waals surface area contributed by atoms with Gasteiger partial charge in [0.15, 0.2) is 0 Å². The first kappa shape index (κ1) is 13.3. The van der Waals surface area contributed by atoms with Crippen molar-refractivity contribution >= 4 is 17.1 Å². The zero-order valence-electron chi connectivity index (χ0n) is 10.8. The molecule has 0 aliphatic rings. The number of rotatable bonds is 3. The molecule has 3 N–H and O–H groups in total. The Morgan fingerprint density at radius 1 is 1.00 bits per heavy atom. The van der Waals surface area contributed by atoms with Gasteiger partial charge in [-0.15, -0.1) is 0 Å². The van der Waals surface area contributed by atoms with Crippen LogP contribution in [0.4, 0.5) is 17.1 Å². The number of ether oxygens (including phenoxy) is 1.